The van der Waals surface area contributed by atoms with Crippen LogP contribution in [0, 0.1) is 0 Å². The van der Waals surface area contributed by atoms with Crippen molar-refractivity contribution < 1.29 is 9.47 Å². The predicted molar refractivity (Wildman–Crippen MR) is 70.6 cm³/mol. The molecule has 18 heavy (non-hydrogen) atoms. The van der Waals surface area contributed by atoms with Crippen LogP contribution < -0.4 is 10.5 Å². The van der Waals surface area contributed by atoms with Crippen LogP contribution in [0.4, 0.5) is 5.69 Å². The first-order valence-electron chi connectivity index (χ1n) is 6.22. The van der Waals surface area contributed by atoms with Gasteiger partial charge in [0.15, 0.2) is 0 Å². The van der Waals surface area contributed by atoms with Gasteiger partial charge >= 0.3 is 0 Å². The van der Waals surface area contributed by atoms with E-state index < -0.39 is 0 Å². The first kappa shape index (κ1) is 11.3. The minimum atomic E-state index is 0.118. The molecule has 1 aliphatic heterocycles. The smallest absolute Gasteiger partial charge is 0.146 e. The highest BCUT2D eigenvalue weighted by atomic mass is 16.5. The van der Waals surface area contributed by atoms with Crippen molar-refractivity contribution in [2.45, 2.75) is 18.9 Å². The molecule has 2 aromatic rings. The molecular weight excluding hydrogens is 228 g/mol. The summed E-state index contributed by atoms with van der Waals surface area (Å²) in [5, 5.41) is 0.937. The Hall–Kier alpha value is -1.81. The van der Waals surface area contributed by atoms with Crippen LogP contribution in [-0.2, 0) is 4.74 Å². The molecule has 1 fully saturated rings. The minimum absolute atomic E-state index is 0.118. The fraction of sp³-hybridized carbons (Fsp3) is 0.357. The zero-order valence-corrected chi connectivity index (χ0v) is 10.1. The SMILES string of the molecule is Nc1ccc(OC2CCCOC2)c2ncccc12. The normalized spacial score (nSPS) is 19.9. The van der Waals surface area contributed by atoms with E-state index in [9.17, 15) is 0 Å². The van der Waals surface area contributed by atoms with E-state index in [-0.39, 0.29) is 6.10 Å². The highest BCUT2D eigenvalue weighted by Gasteiger charge is 2.17. The fourth-order valence-electron chi connectivity index (χ4n) is 2.25. The molecule has 2 heterocycles. The third-order valence-corrected chi connectivity index (χ3v) is 3.18. The maximum absolute atomic E-state index is 5.98. The Morgan fingerprint density at radius 1 is 1.33 bits per heavy atom. The van der Waals surface area contributed by atoms with Crippen LogP contribution in [0.1, 0.15) is 12.8 Å². The van der Waals surface area contributed by atoms with E-state index in [1.165, 1.54) is 0 Å². The minimum Gasteiger partial charge on any atom is -0.486 e. The van der Waals surface area contributed by atoms with E-state index in [1.54, 1.807) is 6.20 Å². The summed E-state index contributed by atoms with van der Waals surface area (Å²) in [6.45, 7) is 1.49. The number of nitrogen functional groups attached to an aromatic ring is 1. The molecule has 0 saturated carbocycles. The molecule has 4 nitrogen and oxygen atoms in total. The van der Waals surface area contributed by atoms with Gasteiger partial charge in [-0.05, 0) is 37.1 Å². The summed E-state index contributed by atoms with van der Waals surface area (Å²) < 4.78 is 11.4. The van der Waals surface area contributed by atoms with Gasteiger partial charge in [-0.3, -0.25) is 4.98 Å². The molecule has 0 amide bonds. The molecule has 2 N–H and O–H groups in total. The standard InChI is InChI=1S/C14H16N2O2/c15-12-5-6-13(14-11(12)4-1-7-16-14)18-10-3-2-8-17-9-10/h1,4-7,10H,2-3,8-9,15H2. The van der Waals surface area contributed by atoms with Gasteiger partial charge in [-0.25, -0.2) is 0 Å². The maximum Gasteiger partial charge on any atom is 0.146 e. The number of hydrogen-bond acceptors (Lipinski definition) is 4. The maximum atomic E-state index is 5.98. The van der Waals surface area contributed by atoms with Crippen LogP contribution in [0.5, 0.6) is 5.75 Å². The number of pyridine rings is 1. The average molecular weight is 244 g/mol. The predicted octanol–water partition coefficient (Wildman–Crippen LogP) is 2.37. The van der Waals surface area contributed by atoms with E-state index in [2.05, 4.69) is 4.98 Å². The van der Waals surface area contributed by atoms with Crippen molar-refractivity contribution in [2.75, 3.05) is 18.9 Å². The molecule has 0 bridgehead atoms. The molecular formula is C14H16N2O2. The molecule has 0 radical (unpaired) electrons. The molecule has 94 valence electrons. The first-order chi connectivity index (χ1) is 8.84. The van der Waals surface area contributed by atoms with Gasteiger partial charge in [0.25, 0.3) is 0 Å². The van der Waals surface area contributed by atoms with Gasteiger partial charge in [-0.15, -0.1) is 0 Å². The summed E-state index contributed by atoms with van der Waals surface area (Å²) in [7, 11) is 0. The third kappa shape index (κ3) is 2.11. The molecule has 0 aliphatic carbocycles. The second-order valence-corrected chi connectivity index (χ2v) is 4.51. The molecule has 1 atom stereocenters. The van der Waals surface area contributed by atoms with Gasteiger partial charge in [-0.1, -0.05) is 0 Å². The number of aromatic nitrogens is 1. The number of benzene rings is 1. The quantitative estimate of drug-likeness (QED) is 0.824. The van der Waals surface area contributed by atoms with Crippen molar-refractivity contribution in [2.24, 2.45) is 0 Å². The van der Waals surface area contributed by atoms with Crippen molar-refractivity contribution in [3.8, 4) is 5.75 Å². The van der Waals surface area contributed by atoms with Crippen molar-refractivity contribution in [1.82, 2.24) is 4.98 Å². The highest BCUT2D eigenvalue weighted by molar-refractivity contribution is 5.94. The number of hydrogen-bond donors (Lipinski definition) is 1. The Kier molecular flexibility index (Phi) is 3.02. The van der Waals surface area contributed by atoms with Crippen LogP contribution in [0.2, 0.25) is 0 Å². The van der Waals surface area contributed by atoms with Gasteiger partial charge in [0.1, 0.15) is 17.4 Å². The van der Waals surface area contributed by atoms with Crippen LogP contribution in [0.3, 0.4) is 0 Å². The van der Waals surface area contributed by atoms with E-state index in [1.807, 2.05) is 24.3 Å². The van der Waals surface area contributed by atoms with Crippen LogP contribution >= 0.6 is 0 Å². The summed E-state index contributed by atoms with van der Waals surface area (Å²) in [5.41, 5.74) is 7.49. The summed E-state index contributed by atoms with van der Waals surface area (Å²) in [6.07, 6.45) is 3.95. The van der Waals surface area contributed by atoms with Gasteiger partial charge in [0.05, 0.1) is 6.61 Å². The molecule has 4 heteroatoms. The molecule has 1 aliphatic rings. The van der Waals surface area contributed by atoms with Gasteiger partial charge in [0, 0.05) is 23.9 Å². The Bertz CT molecular complexity index is 550. The lowest BCUT2D eigenvalue weighted by Crippen LogP contribution is -2.28. The number of ether oxygens (including phenoxy) is 2. The first-order valence-corrected chi connectivity index (χ1v) is 6.22. The second-order valence-electron chi connectivity index (χ2n) is 4.51. The summed E-state index contributed by atoms with van der Waals surface area (Å²) in [6, 6.07) is 7.59. The van der Waals surface area contributed by atoms with Crippen molar-refractivity contribution in [3.63, 3.8) is 0 Å². The van der Waals surface area contributed by atoms with E-state index in [0.29, 0.717) is 6.61 Å². The average Bonchev–Trinajstić information content (AvgIpc) is 2.44. The molecule has 3 rings (SSSR count). The molecule has 1 unspecified atom stereocenters. The topological polar surface area (TPSA) is 57.4 Å². The van der Waals surface area contributed by atoms with E-state index >= 15 is 0 Å². The fourth-order valence-corrected chi connectivity index (χ4v) is 2.25. The van der Waals surface area contributed by atoms with Gasteiger partial charge in [-0.2, -0.15) is 0 Å². The number of nitrogens with zero attached hydrogens (tertiary/aromatic N) is 1. The number of rotatable bonds is 2. The Morgan fingerprint density at radius 2 is 2.28 bits per heavy atom. The van der Waals surface area contributed by atoms with Crippen molar-refractivity contribution >= 4 is 16.6 Å². The number of fused-ring (bicyclic) bond motifs is 1. The molecule has 1 aromatic heterocycles. The van der Waals surface area contributed by atoms with E-state index in [4.69, 9.17) is 15.2 Å². The summed E-state index contributed by atoms with van der Waals surface area (Å²) in [4.78, 5) is 4.36. The van der Waals surface area contributed by atoms with Crippen LogP contribution in [0.25, 0.3) is 10.9 Å². The van der Waals surface area contributed by atoms with Gasteiger partial charge in [0.2, 0.25) is 0 Å². The summed E-state index contributed by atoms with van der Waals surface area (Å²) >= 11 is 0. The van der Waals surface area contributed by atoms with Crippen LogP contribution in [-0.4, -0.2) is 24.3 Å². The second kappa shape index (κ2) is 4.82. The molecule has 0 spiro atoms. The lowest BCUT2D eigenvalue weighted by atomic mass is 10.1. The van der Waals surface area contributed by atoms with Crippen molar-refractivity contribution in [3.05, 3.63) is 30.5 Å². The zero-order chi connectivity index (χ0) is 12.4. The Morgan fingerprint density at radius 3 is 3.11 bits per heavy atom. The van der Waals surface area contributed by atoms with Crippen LogP contribution in [0.15, 0.2) is 30.5 Å². The van der Waals surface area contributed by atoms with E-state index in [0.717, 1.165) is 41.8 Å². The monoisotopic (exact) mass is 244 g/mol. The Balaban J connectivity index is 1.94. The number of anilines is 1. The molecule has 1 saturated heterocycles. The third-order valence-electron chi connectivity index (χ3n) is 3.18. The lowest BCUT2D eigenvalue weighted by Gasteiger charge is -2.23. The largest absolute Gasteiger partial charge is 0.486 e. The van der Waals surface area contributed by atoms with Crippen molar-refractivity contribution in [1.29, 1.82) is 0 Å². The summed E-state index contributed by atoms with van der Waals surface area (Å²) in [5.74, 6) is 0.787. The zero-order valence-electron chi connectivity index (χ0n) is 10.1. The van der Waals surface area contributed by atoms with Gasteiger partial charge < -0.3 is 15.2 Å². The lowest BCUT2D eigenvalue weighted by molar-refractivity contribution is 0.00801. The number of nitrogens with two attached hydrogens (primary N) is 1. The molecule has 1 aromatic carbocycles. The highest BCUT2D eigenvalue weighted by Crippen LogP contribution is 2.29. The Labute approximate surface area is 106 Å².